The minimum atomic E-state index is -0.516. The van der Waals surface area contributed by atoms with Crippen molar-refractivity contribution in [2.24, 2.45) is 0 Å². The van der Waals surface area contributed by atoms with Crippen molar-refractivity contribution in [3.05, 3.63) is 45.0 Å². The minimum Gasteiger partial charge on any atom is -0.383 e. The van der Waals surface area contributed by atoms with Crippen LogP contribution in [0, 0.1) is 10.1 Å². The number of hydrogen-bond acceptors (Lipinski definition) is 5. The molecule has 0 saturated carbocycles. The number of nitro groups is 1. The van der Waals surface area contributed by atoms with Crippen molar-refractivity contribution in [3.8, 4) is 0 Å². The van der Waals surface area contributed by atoms with E-state index in [0.717, 1.165) is 0 Å². The summed E-state index contributed by atoms with van der Waals surface area (Å²) in [5.74, 6) is 0. The summed E-state index contributed by atoms with van der Waals surface area (Å²) in [5, 5.41) is 11.0. The summed E-state index contributed by atoms with van der Waals surface area (Å²) >= 11 is 0. The molecule has 2 rings (SSSR count). The first-order valence-electron chi connectivity index (χ1n) is 5.26. The zero-order valence-corrected chi connectivity index (χ0v) is 9.70. The Labute approximate surface area is 102 Å². The van der Waals surface area contributed by atoms with Crippen LogP contribution in [0.1, 0.15) is 0 Å². The highest BCUT2D eigenvalue weighted by Gasteiger charge is 2.10. The summed E-state index contributed by atoms with van der Waals surface area (Å²) in [4.78, 5) is 26.2. The van der Waals surface area contributed by atoms with Crippen LogP contribution in [0.5, 0.6) is 0 Å². The van der Waals surface area contributed by atoms with Crippen LogP contribution >= 0.6 is 0 Å². The van der Waals surface area contributed by atoms with E-state index in [4.69, 9.17) is 4.74 Å². The number of nitro benzene ring substituents is 1. The molecule has 0 saturated heterocycles. The largest absolute Gasteiger partial charge is 0.383 e. The summed E-state index contributed by atoms with van der Waals surface area (Å²) in [7, 11) is 1.54. The molecule has 0 fully saturated rings. The maximum atomic E-state index is 12.0. The first-order chi connectivity index (χ1) is 8.63. The van der Waals surface area contributed by atoms with Crippen molar-refractivity contribution in [1.82, 2.24) is 9.55 Å². The molecule has 1 aromatic heterocycles. The van der Waals surface area contributed by atoms with E-state index in [0.29, 0.717) is 24.1 Å². The molecule has 18 heavy (non-hydrogen) atoms. The molecule has 7 nitrogen and oxygen atoms in total. The Morgan fingerprint density at radius 2 is 2.28 bits per heavy atom. The van der Waals surface area contributed by atoms with Crippen LogP contribution in [0.25, 0.3) is 10.9 Å². The Morgan fingerprint density at radius 3 is 2.94 bits per heavy atom. The number of ether oxygens (including phenoxy) is 1. The molecule has 0 amide bonds. The molecule has 0 bridgehead atoms. The molecule has 0 atom stereocenters. The number of aromatic nitrogens is 2. The maximum absolute atomic E-state index is 12.0. The van der Waals surface area contributed by atoms with Gasteiger partial charge in [-0.1, -0.05) is 0 Å². The third-order valence-electron chi connectivity index (χ3n) is 2.56. The number of non-ortho nitro benzene ring substituents is 1. The minimum absolute atomic E-state index is 0.0796. The second kappa shape index (κ2) is 4.92. The van der Waals surface area contributed by atoms with Crippen LogP contribution < -0.4 is 5.56 Å². The molecule has 0 aliphatic rings. The van der Waals surface area contributed by atoms with Crippen LogP contribution in [-0.4, -0.2) is 28.2 Å². The zero-order valence-electron chi connectivity index (χ0n) is 9.70. The Morgan fingerprint density at radius 1 is 1.50 bits per heavy atom. The van der Waals surface area contributed by atoms with Crippen molar-refractivity contribution in [1.29, 1.82) is 0 Å². The average molecular weight is 249 g/mol. The lowest BCUT2D eigenvalue weighted by Gasteiger charge is -2.05. The highest BCUT2D eigenvalue weighted by molar-refractivity contribution is 5.79. The van der Waals surface area contributed by atoms with Crippen molar-refractivity contribution < 1.29 is 9.66 Å². The van der Waals surface area contributed by atoms with E-state index in [-0.39, 0.29) is 11.2 Å². The fraction of sp³-hybridized carbons (Fsp3) is 0.273. The molecule has 0 aliphatic carbocycles. The van der Waals surface area contributed by atoms with Gasteiger partial charge in [0.05, 0.1) is 35.3 Å². The summed E-state index contributed by atoms with van der Waals surface area (Å²) in [6.07, 6.45) is 1.37. The molecule has 1 heterocycles. The zero-order chi connectivity index (χ0) is 13.1. The van der Waals surface area contributed by atoms with Gasteiger partial charge in [-0.15, -0.1) is 0 Å². The first kappa shape index (κ1) is 12.2. The number of rotatable bonds is 4. The summed E-state index contributed by atoms with van der Waals surface area (Å²) < 4.78 is 6.30. The normalized spacial score (nSPS) is 10.7. The molecular weight excluding hydrogens is 238 g/mol. The predicted molar refractivity (Wildman–Crippen MR) is 64.5 cm³/mol. The van der Waals surface area contributed by atoms with Crippen LogP contribution in [0.4, 0.5) is 5.69 Å². The summed E-state index contributed by atoms with van der Waals surface area (Å²) in [6, 6.07) is 4.01. The molecule has 0 spiro atoms. The van der Waals surface area contributed by atoms with Crippen molar-refractivity contribution in [2.45, 2.75) is 6.54 Å². The Hall–Kier alpha value is -2.28. The lowest BCUT2D eigenvalue weighted by molar-refractivity contribution is -0.384. The van der Waals surface area contributed by atoms with Gasteiger partial charge in [-0.2, -0.15) is 0 Å². The second-order valence-corrected chi connectivity index (χ2v) is 3.69. The number of nitrogens with zero attached hydrogens (tertiary/aromatic N) is 3. The fourth-order valence-electron chi connectivity index (χ4n) is 1.61. The monoisotopic (exact) mass is 249 g/mol. The van der Waals surface area contributed by atoms with Gasteiger partial charge in [0.1, 0.15) is 0 Å². The average Bonchev–Trinajstić information content (AvgIpc) is 2.37. The summed E-state index contributed by atoms with van der Waals surface area (Å²) in [6.45, 7) is 0.801. The van der Waals surface area contributed by atoms with Crippen molar-refractivity contribution in [3.63, 3.8) is 0 Å². The topological polar surface area (TPSA) is 87.3 Å². The van der Waals surface area contributed by atoms with Gasteiger partial charge in [0, 0.05) is 19.2 Å². The SMILES string of the molecule is COCCn1cnc2cc([N+](=O)[O-])ccc2c1=O. The van der Waals surface area contributed by atoms with Gasteiger partial charge >= 0.3 is 0 Å². The first-order valence-corrected chi connectivity index (χ1v) is 5.26. The van der Waals surface area contributed by atoms with Crippen LogP contribution in [0.15, 0.2) is 29.3 Å². The van der Waals surface area contributed by atoms with Gasteiger partial charge in [0.15, 0.2) is 0 Å². The lowest BCUT2D eigenvalue weighted by Crippen LogP contribution is -2.22. The molecular formula is C11H11N3O4. The Bertz CT molecular complexity index is 650. The highest BCUT2D eigenvalue weighted by atomic mass is 16.6. The number of methoxy groups -OCH3 is 1. The Kier molecular flexibility index (Phi) is 3.33. The van der Waals surface area contributed by atoms with E-state index in [1.54, 1.807) is 7.11 Å². The van der Waals surface area contributed by atoms with Crippen LogP contribution in [0.3, 0.4) is 0 Å². The third kappa shape index (κ3) is 2.21. The van der Waals surface area contributed by atoms with E-state index in [2.05, 4.69) is 4.98 Å². The van der Waals surface area contributed by atoms with Gasteiger partial charge in [-0.25, -0.2) is 4.98 Å². The molecule has 0 unspecified atom stereocenters. The smallest absolute Gasteiger partial charge is 0.271 e. The van der Waals surface area contributed by atoms with Crippen LogP contribution in [0.2, 0.25) is 0 Å². The molecule has 7 heteroatoms. The highest BCUT2D eigenvalue weighted by Crippen LogP contribution is 2.16. The number of fused-ring (bicyclic) bond motifs is 1. The Balaban J connectivity index is 2.52. The quantitative estimate of drug-likeness (QED) is 0.594. The molecule has 1 aromatic carbocycles. The van der Waals surface area contributed by atoms with E-state index in [1.165, 1.54) is 29.1 Å². The van der Waals surface area contributed by atoms with E-state index >= 15 is 0 Å². The van der Waals surface area contributed by atoms with Crippen molar-refractivity contribution in [2.75, 3.05) is 13.7 Å². The molecule has 94 valence electrons. The van der Waals surface area contributed by atoms with Gasteiger partial charge < -0.3 is 4.74 Å². The van der Waals surface area contributed by atoms with Gasteiger partial charge in [-0.3, -0.25) is 19.5 Å². The predicted octanol–water partition coefficient (Wildman–Crippen LogP) is 0.951. The molecule has 0 aliphatic heterocycles. The third-order valence-corrected chi connectivity index (χ3v) is 2.56. The van der Waals surface area contributed by atoms with Crippen LogP contribution in [-0.2, 0) is 11.3 Å². The van der Waals surface area contributed by atoms with Gasteiger partial charge in [0.2, 0.25) is 0 Å². The van der Waals surface area contributed by atoms with Crippen molar-refractivity contribution >= 4 is 16.6 Å². The molecule has 0 radical (unpaired) electrons. The maximum Gasteiger partial charge on any atom is 0.271 e. The summed E-state index contributed by atoms with van der Waals surface area (Å²) in [5.41, 5.74) is 0.0128. The number of hydrogen-bond donors (Lipinski definition) is 0. The van der Waals surface area contributed by atoms with E-state index < -0.39 is 4.92 Å². The van der Waals surface area contributed by atoms with Gasteiger partial charge in [-0.05, 0) is 6.07 Å². The lowest BCUT2D eigenvalue weighted by atomic mass is 10.2. The van der Waals surface area contributed by atoms with E-state index in [9.17, 15) is 14.9 Å². The number of benzene rings is 1. The fourth-order valence-corrected chi connectivity index (χ4v) is 1.61. The second-order valence-electron chi connectivity index (χ2n) is 3.69. The van der Waals surface area contributed by atoms with Gasteiger partial charge in [0.25, 0.3) is 11.2 Å². The standard InChI is InChI=1S/C11H11N3O4/c1-18-5-4-13-7-12-10-6-8(14(16)17)2-3-9(10)11(13)15/h2-3,6-7H,4-5H2,1H3. The van der Waals surface area contributed by atoms with E-state index in [1.807, 2.05) is 0 Å². The molecule has 0 N–H and O–H groups in total. The molecule has 2 aromatic rings.